The van der Waals surface area contributed by atoms with Crippen LogP contribution in [0.4, 0.5) is 0 Å². The van der Waals surface area contributed by atoms with Gasteiger partial charge in [0, 0.05) is 0 Å². The summed E-state index contributed by atoms with van der Waals surface area (Å²) >= 11 is 0. The molecule has 2 unspecified atom stereocenters. The van der Waals surface area contributed by atoms with E-state index in [2.05, 4.69) is 19.9 Å². The zero-order valence-corrected chi connectivity index (χ0v) is 16.8. The Morgan fingerprint density at radius 2 is 1.52 bits per heavy atom. The molecule has 0 aromatic rings. The number of hydrogen-bond donors (Lipinski definition) is 0. The molecule has 0 rings (SSSR count). The third kappa shape index (κ3) is 7.46. The number of nitriles is 1. The summed E-state index contributed by atoms with van der Waals surface area (Å²) < 4.78 is 10.4. The van der Waals surface area contributed by atoms with E-state index in [0.29, 0.717) is 31.1 Å². The second-order valence-corrected chi connectivity index (χ2v) is 7.37. The summed E-state index contributed by atoms with van der Waals surface area (Å²) in [5, 5.41) is 9.92. The SMILES string of the molecule is CCOC(=O)C(CCCC(C)C)C(C#N)(CCC(C)C)C(=O)OCC. The Kier molecular flexibility index (Phi) is 11.1. The summed E-state index contributed by atoms with van der Waals surface area (Å²) in [5.74, 6) is -1.03. The zero-order chi connectivity index (χ0) is 19.5. The van der Waals surface area contributed by atoms with Crippen molar-refractivity contribution in [3.8, 4) is 6.07 Å². The van der Waals surface area contributed by atoms with Crippen molar-refractivity contribution in [3.63, 3.8) is 0 Å². The minimum Gasteiger partial charge on any atom is -0.466 e. The van der Waals surface area contributed by atoms with Gasteiger partial charge >= 0.3 is 11.9 Å². The van der Waals surface area contributed by atoms with Crippen molar-refractivity contribution >= 4 is 11.9 Å². The van der Waals surface area contributed by atoms with Gasteiger partial charge in [0.05, 0.1) is 25.2 Å². The second kappa shape index (κ2) is 11.9. The van der Waals surface area contributed by atoms with Gasteiger partial charge in [-0.15, -0.1) is 0 Å². The van der Waals surface area contributed by atoms with Crippen molar-refractivity contribution in [2.75, 3.05) is 13.2 Å². The highest BCUT2D eigenvalue weighted by Gasteiger charge is 2.51. The summed E-state index contributed by atoms with van der Waals surface area (Å²) in [4.78, 5) is 25.3. The molecule has 0 radical (unpaired) electrons. The highest BCUT2D eigenvalue weighted by atomic mass is 16.5. The van der Waals surface area contributed by atoms with E-state index in [0.717, 1.165) is 12.8 Å². The topological polar surface area (TPSA) is 76.4 Å². The van der Waals surface area contributed by atoms with Gasteiger partial charge in [-0.05, 0) is 44.9 Å². The first-order valence-electron chi connectivity index (χ1n) is 9.50. The van der Waals surface area contributed by atoms with Crippen LogP contribution in [0.2, 0.25) is 0 Å². The number of nitrogens with zero attached hydrogens (tertiary/aromatic N) is 1. The fraction of sp³-hybridized carbons (Fsp3) is 0.850. The third-order valence-electron chi connectivity index (χ3n) is 4.40. The molecule has 0 amide bonds. The van der Waals surface area contributed by atoms with Crippen molar-refractivity contribution in [2.45, 2.75) is 73.6 Å². The number of carbonyl (C=O) groups is 2. The van der Waals surface area contributed by atoms with Crippen LogP contribution >= 0.6 is 0 Å². The highest BCUT2D eigenvalue weighted by molar-refractivity contribution is 5.88. The smallest absolute Gasteiger partial charge is 0.327 e. The molecule has 0 aromatic heterocycles. The minimum atomic E-state index is -1.47. The van der Waals surface area contributed by atoms with Crippen LogP contribution < -0.4 is 0 Å². The van der Waals surface area contributed by atoms with Crippen LogP contribution in [0.5, 0.6) is 0 Å². The number of ether oxygens (including phenoxy) is 2. The van der Waals surface area contributed by atoms with Crippen LogP contribution in [-0.2, 0) is 19.1 Å². The minimum absolute atomic E-state index is 0.186. The molecule has 0 aliphatic carbocycles. The molecule has 2 atom stereocenters. The molecule has 0 fully saturated rings. The van der Waals surface area contributed by atoms with Gasteiger partial charge in [0.15, 0.2) is 5.41 Å². The molecule has 0 aliphatic heterocycles. The van der Waals surface area contributed by atoms with Crippen molar-refractivity contribution in [2.24, 2.45) is 23.2 Å². The molecule has 144 valence electrons. The first-order chi connectivity index (χ1) is 11.7. The van der Waals surface area contributed by atoms with Crippen LogP contribution in [0.1, 0.15) is 73.6 Å². The predicted molar refractivity (Wildman–Crippen MR) is 97.6 cm³/mol. The standard InChI is InChI=1S/C20H35NO4/c1-7-24-18(22)17(11-9-10-15(3)4)20(14-21,13-12-16(5)6)19(23)25-8-2/h15-17H,7-13H2,1-6H3. The molecule has 0 aromatic carbocycles. The van der Waals surface area contributed by atoms with E-state index >= 15 is 0 Å². The van der Waals surface area contributed by atoms with Crippen molar-refractivity contribution < 1.29 is 19.1 Å². The number of carbonyl (C=O) groups excluding carboxylic acids is 2. The number of hydrogen-bond acceptors (Lipinski definition) is 5. The van der Waals surface area contributed by atoms with Gasteiger partial charge in [-0.2, -0.15) is 5.26 Å². The van der Waals surface area contributed by atoms with Crippen LogP contribution in [-0.4, -0.2) is 25.2 Å². The third-order valence-corrected chi connectivity index (χ3v) is 4.40. The molecule has 0 spiro atoms. The molecule has 0 saturated carbocycles. The highest BCUT2D eigenvalue weighted by Crippen LogP contribution is 2.39. The van der Waals surface area contributed by atoms with Crippen LogP contribution in [0.3, 0.4) is 0 Å². The van der Waals surface area contributed by atoms with Gasteiger partial charge in [-0.25, -0.2) is 0 Å². The summed E-state index contributed by atoms with van der Waals surface area (Å²) in [5.41, 5.74) is -1.47. The Balaban J connectivity index is 5.70. The molecule has 0 aliphatic rings. The molecule has 25 heavy (non-hydrogen) atoms. The Morgan fingerprint density at radius 3 is 1.96 bits per heavy atom. The van der Waals surface area contributed by atoms with Crippen molar-refractivity contribution in [1.82, 2.24) is 0 Å². The lowest BCUT2D eigenvalue weighted by molar-refractivity contribution is -0.166. The van der Waals surface area contributed by atoms with Gasteiger partial charge < -0.3 is 9.47 Å². The fourth-order valence-electron chi connectivity index (χ4n) is 2.91. The number of esters is 2. The van der Waals surface area contributed by atoms with Crippen LogP contribution in [0.15, 0.2) is 0 Å². The van der Waals surface area contributed by atoms with E-state index < -0.39 is 23.3 Å². The molecule has 5 heteroatoms. The Labute approximate surface area is 153 Å². The van der Waals surface area contributed by atoms with Gasteiger partial charge in [0.1, 0.15) is 0 Å². The molecule has 0 bridgehead atoms. The largest absolute Gasteiger partial charge is 0.466 e. The molecule has 0 N–H and O–H groups in total. The summed E-state index contributed by atoms with van der Waals surface area (Å²) in [6, 6.07) is 2.16. The van der Waals surface area contributed by atoms with Crippen LogP contribution in [0.25, 0.3) is 0 Å². The summed E-state index contributed by atoms with van der Waals surface area (Å²) in [6.07, 6.45) is 3.15. The van der Waals surface area contributed by atoms with Gasteiger partial charge in [-0.1, -0.05) is 40.5 Å². The molecule has 5 nitrogen and oxygen atoms in total. The average Bonchev–Trinajstić information content (AvgIpc) is 2.53. The molecular weight excluding hydrogens is 318 g/mol. The Hall–Kier alpha value is -1.57. The van der Waals surface area contributed by atoms with Gasteiger partial charge in [-0.3, -0.25) is 9.59 Å². The maximum atomic E-state index is 12.7. The molecule has 0 saturated heterocycles. The zero-order valence-electron chi connectivity index (χ0n) is 16.8. The van der Waals surface area contributed by atoms with Crippen molar-refractivity contribution in [1.29, 1.82) is 5.26 Å². The predicted octanol–water partition coefficient (Wildman–Crippen LogP) is 4.50. The maximum absolute atomic E-state index is 12.7. The van der Waals surface area contributed by atoms with Gasteiger partial charge in [0.25, 0.3) is 0 Å². The van der Waals surface area contributed by atoms with Crippen molar-refractivity contribution in [3.05, 3.63) is 0 Å². The lowest BCUT2D eigenvalue weighted by atomic mass is 9.70. The van der Waals surface area contributed by atoms with E-state index in [-0.39, 0.29) is 13.2 Å². The lowest BCUT2D eigenvalue weighted by Gasteiger charge is -2.32. The molecule has 0 heterocycles. The van der Waals surface area contributed by atoms with E-state index in [4.69, 9.17) is 9.47 Å². The summed E-state index contributed by atoms with van der Waals surface area (Å²) in [6.45, 7) is 12.1. The van der Waals surface area contributed by atoms with E-state index in [9.17, 15) is 14.9 Å². The van der Waals surface area contributed by atoms with E-state index in [1.807, 2.05) is 13.8 Å². The van der Waals surface area contributed by atoms with Crippen LogP contribution in [0, 0.1) is 34.5 Å². The maximum Gasteiger partial charge on any atom is 0.327 e. The van der Waals surface area contributed by atoms with E-state index in [1.165, 1.54) is 0 Å². The Morgan fingerprint density at radius 1 is 0.960 bits per heavy atom. The second-order valence-electron chi connectivity index (χ2n) is 7.37. The Bertz CT molecular complexity index is 453. The monoisotopic (exact) mass is 353 g/mol. The van der Waals surface area contributed by atoms with Gasteiger partial charge in [0.2, 0.25) is 0 Å². The fourth-order valence-corrected chi connectivity index (χ4v) is 2.91. The van der Waals surface area contributed by atoms with E-state index in [1.54, 1.807) is 13.8 Å². The molecular formula is C20H35NO4. The quantitative estimate of drug-likeness (QED) is 0.483. The first kappa shape index (κ1) is 23.4. The average molecular weight is 354 g/mol. The summed E-state index contributed by atoms with van der Waals surface area (Å²) in [7, 11) is 0. The first-order valence-corrected chi connectivity index (χ1v) is 9.50. The normalized spacial score (nSPS) is 14.7. The lowest BCUT2D eigenvalue weighted by Crippen LogP contribution is -2.44. The number of rotatable bonds is 12.